The summed E-state index contributed by atoms with van der Waals surface area (Å²) in [5.41, 5.74) is 2.58. The van der Waals surface area contributed by atoms with Crippen molar-refractivity contribution in [2.45, 2.75) is 0 Å². The third kappa shape index (κ3) is 4.50. The number of hydrogen-bond donors (Lipinski definition) is 1. The second-order valence-corrected chi connectivity index (χ2v) is 7.57. The molecule has 4 rings (SSSR count). The van der Waals surface area contributed by atoms with Crippen LogP contribution in [0.3, 0.4) is 0 Å². The average molecular weight is 435 g/mol. The average Bonchev–Trinajstić information content (AvgIpc) is 2.80. The number of aromatic nitrogens is 3. The summed E-state index contributed by atoms with van der Waals surface area (Å²) in [7, 11) is 5.53. The van der Waals surface area contributed by atoms with Gasteiger partial charge in [0.1, 0.15) is 17.1 Å². The zero-order chi connectivity index (χ0) is 22.7. The van der Waals surface area contributed by atoms with Crippen molar-refractivity contribution in [2.24, 2.45) is 0 Å². The first-order valence-electron chi connectivity index (χ1n) is 10.1. The van der Waals surface area contributed by atoms with Gasteiger partial charge in [-0.15, -0.1) is 0 Å². The van der Waals surface area contributed by atoms with Gasteiger partial charge in [-0.2, -0.15) is 0 Å². The van der Waals surface area contributed by atoms with Gasteiger partial charge in [-0.1, -0.05) is 6.07 Å². The van der Waals surface area contributed by atoms with Gasteiger partial charge in [-0.25, -0.2) is 18.7 Å². The number of hydrogen-bond acceptors (Lipinski definition) is 6. The first kappa shape index (κ1) is 21.6. The van der Waals surface area contributed by atoms with Gasteiger partial charge in [0.15, 0.2) is 17.5 Å². The molecule has 6 nitrogen and oxygen atoms in total. The number of methoxy groups -OCH3 is 1. The van der Waals surface area contributed by atoms with E-state index in [1.807, 2.05) is 32.3 Å². The second kappa shape index (κ2) is 9.23. The smallest absolute Gasteiger partial charge is 0.163 e. The van der Waals surface area contributed by atoms with E-state index in [9.17, 15) is 8.78 Å². The Balaban J connectivity index is 1.90. The Hall–Kier alpha value is -3.65. The number of nitrogens with zero attached hydrogens (tertiary/aromatic N) is 4. The molecular weight excluding hydrogens is 412 g/mol. The van der Waals surface area contributed by atoms with Crippen LogP contribution in [-0.2, 0) is 0 Å². The number of benzene rings is 2. The molecule has 8 heteroatoms. The fraction of sp³-hybridized carbons (Fsp3) is 0.208. The van der Waals surface area contributed by atoms with Crippen LogP contribution < -0.4 is 10.1 Å². The number of nitrogens with one attached hydrogen (secondary N) is 1. The van der Waals surface area contributed by atoms with Crippen LogP contribution >= 0.6 is 0 Å². The van der Waals surface area contributed by atoms with Gasteiger partial charge in [-0.05, 0) is 61.6 Å². The molecule has 2 aromatic carbocycles. The lowest BCUT2D eigenvalue weighted by Crippen LogP contribution is -2.21. The zero-order valence-electron chi connectivity index (χ0n) is 18.1. The van der Waals surface area contributed by atoms with Crippen LogP contribution in [-0.4, -0.2) is 54.1 Å². The fourth-order valence-electron chi connectivity index (χ4n) is 3.36. The number of rotatable bonds is 7. The topological polar surface area (TPSA) is 63.2 Å². The van der Waals surface area contributed by atoms with E-state index in [2.05, 4.69) is 15.2 Å². The molecule has 0 amide bonds. The maximum atomic E-state index is 13.9. The minimum Gasteiger partial charge on any atom is -0.494 e. The number of halogens is 2. The highest BCUT2D eigenvalue weighted by molar-refractivity contribution is 5.97. The number of pyridine rings is 1. The minimum atomic E-state index is -0.908. The number of anilines is 1. The lowest BCUT2D eigenvalue weighted by Gasteiger charge is -2.16. The molecule has 0 atom stereocenters. The molecule has 0 aliphatic rings. The number of likely N-dealkylation sites (N-methyl/N-ethyl adjacent to an activating group) is 1. The molecule has 4 aromatic rings. The summed E-state index contributed by atoms with van der Waals surface area (Å²) < 4.78 is 32.9. The highest BCUT2D eigenvalue weighted by Crippen LogP contribution is 2.36. The quantitative estimate of drug-likeness (QED) is 0.457. The fourth-order valence-corrected chi connectivity index (χ4v) is 3.36. The molecule has 2 aromatic heterocycles. The Bertz CT molecular complexity index is 1250. The molecule has 0 bridgehead atoms. The van der Waals surface area contributed by atoms with Crippen molar-refractivity contribution in [1.82, 2.24) is 19.9 Å². The molecule has 0 radical (unpaired) electrons. The van der Waals surface area contributed by atoms with Gasteiger partial charge in [-0.3, -0.25) is 4.98 Å². The molecule has 0 aliphatic heterocycles. The molecule has 0 saturated heterocycles. The molecule has 0 fully saturated rings. The predicted molar refractivity (Wildman–Crippen MR) is 122 cm³/mol. The lowest BCUT2D eigenvalue weighted by atomic mass is 10.0. The molecule has 0 aliphatic carbocycles. The first-order valence-corrected chi connectivity index (χ1v) is 10.1. The normalized spacial score (nSPS) is 11.2. The van der Waals surface area contributed by atoms with Crippen molar-refractivity contribution >= 4 is 16.7 Å². The van der Waals surface area contributed by atoms with E-state index in [4.69, 9.17) is 14.7 Å². The van der Waals surface area contributed by atoms with Crippen LogP contribution in [0.2, 0.25) is 0 Å². The van der Waals surface area contributed by atoms with Gasteiger partial charge in [0, 0.05) is 36.4 Å². The van der Waals surface area contributed by atoms with E-state index in [-0.39, 0.29) is 0 Å². The molecule has 0 saturated carbocycles. The first-order chi connectivity index (χ1) is 15.5. The Morgan fingerprint density at radius 3 is 2.50 bits per heavy atom. The highest BCUT2D eigenvalue weighted by atomic mass is 19.2. The van der Waals surface area contributed by atoms with Gasteiger partial charge in [0.2, 0.25) is 0 Å². The van der Waals surface area contributed by atoms with Gasteiger partial charge in [0.25, 0.3) is 0 Å². The summed E-state index contributed by atoms with van der Waals surface area (Å²) >= 11 is 0. The zero-order valence-corrected chi connectivity index (χ0v) is 18.1. The summed E-state index contributed by atoms with van der Waals surface area (Å²) in [6, 6.07) is 11.1. The van der Waals surface area contributed by atoms with Crippen molar-refractivity contribution in [1.29, 1.82) is 0 Å². The van der Waals surface area contributed by atoms with Crippen LogP contribution in [0.1, 0.15) is 0 Å². The molecule has 1 N–H and O–H groups in total. The van der Waals surface area contributed by atoms with Gasteiger partial charge >= 0.3 is 0 Å². The maximum absolute atomic E-state index is 13.9. The highest BCUT2D eigenvalue weighted by Gasteiger charge is 2.16. The third-order valence-electron chi connectivity index (χ3n) is 5.01. The van der Waals surface area contributed by atoms with Crippen LogP contribution in [0, 0.1) is 11.6 Å². The van der Waals surface area contributed by atoms with Crippen molar-refractivity contribution in [2.75, 3.05) is 39.6 Å². The summed E-state index contributed by atoms with van der Waals surface area (Å²) in [6.45, 7) is 1.46. The van der Waals surface area contributed by atoms with Crippen molar-refractivity contribution < 1.29 is 13.5 Å². The lowest BCUT2D eigenvalue weighted by molar-refractivity contribution is 0.419. The largest absolute Gasteiger partial charge is 0.494 e. The van der Waals surface area contributed by atoms with Gasteiger partial charge in [0.05, 0.1) is 7.11 Å². The summed E-state index contributed by atoms with van der Waals surface area (Å²) in [4.78, 5) is 15.7. The molecule has 2 heterocycles. The molecular formula is C24H23F2N5O. The Labute approximate surface area is 184 Å². The summed E-state index contributed by atoms with van der Waals surface area (Å²) in [6.07, 6.45) is 3.39. The SMILES string of the molecule is COc1cc(-c2ccc(F)c(F)c2)cc2c(NCCN(C)C)nc(-c3cccnc3)nc12. The summed E-state index contributed by atoms with van der Waals surface area (Å²) in [5.74, 6) is -0.160. The number of fused-ring (bicyclic) bond motifs is 1. The van der Waals surface area contributed by atoms with Crippen molar-refractivity contribution in [3.05, 3.63) is 66.5 Å². The van der Waals surface area contributed by atoms with Crippen LogP contribution in [0.15, 0.2) is 54.9 Å². The van der Waals surface area contributed by atoms with Crippen LogP contribution in [0.25, 0.3) is 33.4 Å². The predicted octanol–water partition coefficient (Wildman–Crippen LogP) is 4.62. The summed E-state index contributed by atoms with van der Waals surface area (Å²) in [5, 5.41) is 4.09. The number of ether oxygens (including phenoxy) is 1. The molecule has 164 valence electrons. The van der Waals surface area contributed by atoms with E-state index in [0.29, 0.717) is 40.6 Å². The molecule has 0 unspecified atom stereocenters. The monoisotopic (exact) mass is 435 g/mol. The van der Waals surface area contributed by atoms with Crippen LogP contribution in [0.4, 0.5) is 14.6 Å². The van der Waals surface area contributed by atoms with E-state index >= 15 is 0 Å². The minimum absolute atomic E-state index is 0.505. The maximum Gasteiger partial charge on any atom is 0.163 e. The Morgan fingerprint density at radius 2 is 1.81 bits per heavy atom. The van der Waals surface area contributed by atoms with Crippen molar-refractivity contribution in [3.8, 4) is 28.3 Å². The Morgan fingerprint density at radius 1 is 0.969 bits per heavy atom. The van der Waals surface area contributed by atoms with E-state index in [1.165, 1.54) is 12.1 Å². The van der Waals surface area contributed by atoms with Crippen molar-refractivity contribution in [3.63, 3.8) is 0 Å². The molecule has 32 heavy (non-hydrogen) atoms. The van der Waals surface area contributed by atoms with E-state index in [1.54, 1.807) is 25.6 Å². The second-order valence-electron chi connectivity index (χ2n) is 7.57. The van der Waals surface area contributed by atoms with Crippen LogP contribution in [0.5, 0.6) is 5.75 Å². The Kier molecular flexibility index (Phi) is 6.23. The van der Waals surface area contributed by atoms with E-state index in [0.717, 1.165) is 23.6 Å². The third-order valence-corrected chi connectivity index (χ3v) is 5.01. The molecule has 0 spiro atoms. The standard InChI is InChI=1S/C24H23F2N5O/c1-31(2)10-9-28-24-18-11-17(15-6-7-19(25)20(26)12-15)13-21(32-3)22(18)29-23(30-24)16-5-4-8-27-14-16/h4-8,11-14H,9-10H2,1-3H3,(H,28,29,30). The van der Waals surface area contributed by atoms with Gasteiger partial charge < -0.3 is 15.0 Å². The van der Waals surface area contributed by atoms with E-state index < -0.39 is 11.6 Å².